The van der Waals surface area contributed by atoms with E-state index in [4.69, 9.17) is 11.1 Å². The summed E-state index contributed by atoms with van der Waals surface area (Å²) in [5.41, 5.74) is 4.99. The highest BCUT2D eigenvalue weighted by Crippen LogP contribution is 1.60. The Hall–Kier alpha value is -1.46. The van der Waals surface area contributed by atoms with Crippen LogP contribution in [0.2, 0.25) is 0 Å². The minimum atomic E-state index is -0.240. The van der Waals surface area contributed by atoms with Crippen LogP contribution in [0.5, 0.6) is 0 Å². The summed E-state index contributed by atoms with van der Waals surface area (Å²) in [5.74, 6) is -0.0938. The van der Waals surface area contributed by atoms with E-state index in [2.05, 4.69) is 16.0 Å². The molecule has 0 unspecified atom stereocenters. The van der Waals surface area contributed by atoms with E-state index in [1.807, 2.05) is 0 Å². The first-order valence-electron chi connectivity index (χ1n) is 3.20. The summed E-state index contributed by atoms with van der Waals surface area (Å²) in [6, 6.07) is -0.240. The molecule has 0 heterocycles. The van der Waals surface area contributed by atoms with E-state index in [1.165, 1.54) is 7.05 Å². The topological polar surface area (TPSA) is 103 Å². The molecule has 0 rings (SSSR count). The second kappa shape index (κ2) is 5.33. The Labute approximate surface area is 65.0 Å². The van der Waals surface area contributed by atoms with Gasteiger partial charge in [0, 0.05) is 20.1 Å². The van der Waals surface area contributed by atoms with Crippen molar-refractivity contribution in [2.75, 3.05) is 20.1 Å². The largest absolute Gasteiger partial charge is 0.370 e. The van der Waals surface area contributed by atoms with Gasteiger partial charge < -0.3 is 21.7 Å². The Morgan fingerprint density at radius 2 is 2.00 bits per heavy atom. The van der Waals surface area contributed by atoms with Crippen LogP contribution in [0.15, 0.2) is 0 Å². The van der Waals surface area contributed by atoms with E-state index in [-0.39, 0.29) is 12.0 Å². The molecule has 0 fully saturated rings. The van der Waals surface area contributed by atoms with Crippen LogP contribution in [-0.4, -0.2) is 32.1 Å². The summed E-state index contributed by atoms with van der Waals surface area (Å²) in [5, 5.41) is 14.2. The lowest BCUT2D eigenvalue weighted by atomic mass is 10.6. The van der Waals surface area contributed by atoms with E-state index < -0.39 is 0 Å². The standard InChI is InChI=1S/C5H13N5O/c1-8-5(11)10-3-2-9-4(6)7/h2-3H2,1H3,(H4,6,7,9)(H2,8,10,11). The van der Waals surface area contributed by atoms with Crippen molar-refractivity contribution in [3.63, 3.8) is 0 Å². The molecule has 64 valence electrons. The second-order valence-electron chi connectivity index (χ2n) is 1.85. The van der Waals surface area contributed by atoms with Crippen molar-refractivity contribution in [2.45, 2.75) is 0 Å². The van der Waals surface area contributed by atoms with Crippen LogP contribution in [0, 0.1) is 5.41 Å². The van der Waals surface area contributed by atoms with Gasteiger partial charge in [-0.15, -0.1) is 0 Å². The zero-order valence-corrected chi connectivity index (χ0v) is 6.40. The van der Waals surface area contributed by atoms with E-state index >= 15 is 0 Å². The monoisotopic (exact) mass is 159 g/mol. The van der Waals surface area contributed by atoms with Gasteiger partial charge in [0.05, 0.1) is 0 Å². The molecule has 6 heteroatoms. The number of nitrogens with two attached hydrogens (primary N) is 1. The minimum absolute atomic E-state index is 0.0938. The van der Waals surface area contributed by atoms with Gasteiger partial charge in [0.25, 0.3) is 0 Å². The zero-order chi connectivity index (χ0) is 8.69. The van der Waals surface area contributed by atoms with E-state index in [9.17, 15) is 4.79 Å². The molecule has 6 N–H and O–H groups in total. The van der Waals surface area contributed by atoms with E-state index in [1.54, 1.807) is 0 Å². The molecule has 0 aliphatic rings. The molecule has 0 aromatic heterocycles. The van der Waals surface area contributed by atoms with Gasteiger partial charge >= 0.3 is 6.03 Å². The highest BCUT2D eigenvalue weighted by molar-refractivity contribution is 5.75. The molecule has 0 saturated carbocycles. The van der Waals surface area contributed by atoms with E-state index in [0.29, 0.717) is 13.1 Å². The summed E-state index contributed by atoms with van der Waals surface area (Å²) < 4.78 is 0. The molecular weight excluding hydrogens is 146 g/mol. The highest BCUT2D eigenvalue weighted by Gasteiger charge is 1.92. The molecule has 0 atom stereocenters. The third kappa shape index (κ3) is 6.42. The smallest absolute Gasteiger partial charge is 0.314 e. The molecule has 0 aliphatic carbocycles. The number of carbonyl (C=O) groups excluding carboxylic acids is 1. The highest BCUT2D eigenvalue weighted by atomic mass is 16.2. The van der Waals surface area contributed by atoms with Gasteiger partial charge in [-0.25, -0.2) is 4.79 Å². The fourth-order valence-corrected chi connectivity index (χ4v) is 0.462. The maximum Gasteiger partial charge on any atom is 0.314 e. The van der Waals surface area contributed by atoms with Crippen LogP contribution in [-0.2, 0) is 0 Å². The average Bonchev–Trinajstić information content (AvgIpc) is 1.97. The Balaban J connectivity index is 3.14. The third-order valence-electron chi connectivity index (χ3n) is 0.953. The first-order chi connectivity index (χ1) is 5.16. The molecular formula is C5H13N5O. The lowest BCUT2D eigenvalue weighted by Crippen LogP contribution is -2.40. The Morgan fingerprint density at radius 3 is 2.45 bits per heavy atom. The molecule has 0 spiro atoms. The second-order valence-corrected chi connectivity index (χ2v) is 1.85. The van der Waals surface area contributed by atoms with Gasteiger partial charge in [-0.1, -0.05) is 0 Å². The third-order valence-corrected chi connectivity index (χ3v) is 0.953. The minimum Gasteiger partial charge on any atom is -0.370 e. The van der Waals surface area contributed by atoms with Crippen LogP contribution in [0.3, 0.4) is 0 Å². The van der Waals surface area contributed by atoms with Crippen molar-refractivity contribution in [1.82, 2.24) is 16.0 Å². The zero-order valence-electron chi connectivity index (χ0n) is 6.40. The summed E-state index contributed by atoms with van der Waals surface area (Å²) in [4.78, 5) is 10.5. The van der Waals surface area contributed by atoms with Crippen molar-refractivity contribution >= 4 is 12.0 Å². The SMILES string of the molecule is CNC(=O)NCCNC(=N)N. The van der Waals surface area contributed by atoms with Gasteiger partial charge in [0.2, 0.25) is 0 Å². The van der Waals surface area contributed by atoms with Crippen molar-refractivity contribution in [1.29, 1.82) is 5.41 Å². The number of carbonyl (C=O) groups is 1. The fourth-order valence-electron chi connectivity index (χ4n) is 0.462. The number of hydrogen-bond acceptors (Lipinski definition) is 2. The molecule has 0 saturated heterocycles. The van der Waals surface area contributed by atoms with Crippen LogP contribution in [0.25, 0.3) is 0 Å². The van der Waals surface area contributed by atoms with Crippen molar-refractivity contribution < 1.29 is 4.79 Å². The first-order valence-corrected chi connectivity index (χ1v) is 3.20. The summed E-state index contributed by atoms with van der Waals surface area (Å²) in [6.45, 7) is 0.905. The molecule has 0 aromatic rings. The number of hydrogen-bond donors (Lipinski definition) is 5. The number of urea groups is 1. The van der Waals surface area contributed by atoms with Gasteiger partial charge in [0.15, 0.2) is 5.96 Å². The molecule has 0 aromatic carbocycles. The normalized spacial score (nSPS) is 8.45. The Kier molecular flexibility index (Phi) is 4.63. The molecule has 0 radical (unpaired) electrons. The lowest BCUT2D eigenvalue weighted by Gasteiger charge is -2.04. The lowest BCUT2D eigenvalue weighted by molar-refractivity contribution is 0.243. The number of amides is 2. The molecule has 0 bridgehead atoms. The number of rotatable bonds is 3. The van der Waals surface area contributed by atoms with Crippen LogP contribution >= 0.6 is 0 Å². The summed E-state index contributed by atoms with van der Waals surface area (Å²) >= 11 is 0. The van der Waals surface area contributed by atoms with Crippen LogP contribution in [0.1, 0.15) is 0 Å². The van der Waals surface area contributed by atoms with Crippen LogP contribution in [0.4, 0.5) is 4.79 Å². The van der Waals surface area contributed by atoms with Crippen LogP contribution < -0.4 is 21.7 Å². The van der Waals surface area contributed by atoms with Crippen molar-refractivity contribution in [3.05, 3.63) is 0 Å². The maximum atomic E-state index is 10.5. The predicted octanol–water partition coefficient (Wildman–Crippen LogP) is -1.60. The number of nitrogens with one attached hydrogen (secondary N) is 4. The summed E-state index contributed by atoms with van der Waals surface area (Å²) in [7, 11) is 1.54. The Morgan fingerprint density at radius 1 is 1.45 bits per heavy atom. The number of guanidine groups is 1. The van der Waals surface area contributed by atoms with Gasteiger partial charge in [-0.05, 0) is 0 Å². The predicted molar refractivity (Wildman–Crippen MR) is 42.4 cm³/mol. The fraction of sp³-hybridized carbons (Fsp3) is 0.600. The van der Waals surface area contributed by atoms with Gasteiger partial charge in [-0.3, -0.25) is 5.41 Å². The maximum absolute atomic E-state index is 10.5. The molecule has 0 aliphatic heterocycles. The van der Waals surface area contributed by atoms with Crippen molar-refractivity contribution in [3.8, 4) is 0 Å². The molecule has 11 heavy (non-hydrogen) atoms. The first kappa shape index (κ1) is 9.54. The van der Waals surface area contributed by atoms with Gasteiger partial charge in [-0.2, -0.15) is 0 Å². The van der Waals surface area contributed by atoms with Crippen molar-refractivity contribution in [2.24, 2.45) is 5.73 Å². The molecule has 2 amide bonds. The van der Waals surface area contributed by atoms with E-state index in [0.717, 1.165) is 0 Å². The Bertz CT molecular complexity index is 146. The van der Waals surface area contributed by atoms with Gasteiger partial charge in [0.1, 0.15) is 0 Å². The molecule has 6 nitrogen and oxygen atoms in total. The average molecular weight is 159 g/mol. The quantitative estimate of drug-likeness (QED) is 0.194. The summed E-state index contributed by atoms with van der Waals surface area (Å²) in [6.07, 6.45) is 0.